The Morgan fingerprint density at radius 1 is 0.962 bits per heavy atom. The molecule has 2 aliphatic rings. The Hall–Kier alpha value is -1.76. The first-order chi connectivity index (χ1) is 12.8. The van der Waals surface area contributed by atoms with Gasteiger partial charge in [0.25, 0.3) is 0 Å². The van der Waals surface area contributed by atoms with Gasteiger partial charge >= 0.3 is 0 Å². The minimum Gasteiger partial charge on any atom is -0.354 e. The van der Waals surface area contributed by atoms with Gasteiger partial charge in [0.05, 0.1) is 18.8 Å². The third kappa shape index (κ3) is 3.98. The van der Waals surface area contributed by atoms with Gasteiger partial charge in [0.1, 0.15) is 6.10 Å². The molecule has 2 fully saturated rings. The summed E-state index contributed by atoms with van der Waals surface area (Å²) in [7, 11) is 1.68. The molecule has 2 aromatic carbocycles. The van der Waals surface area contributed by atoms with Crippen molar-refractivity contribution in [2.75, 3.05) is 13.7 Å². The van der Waals surface area contributed by atoms with E-state index in [4.69, 9.17) is 18.9 Å². The van der Waals surface area contributed by atoms with Crippen molar-refractivity contribution in [3.63, 3.8) is 0 Å². The molecule has 1 N–H and O–H groups in total. The molecular weight excluding hydrogens is 330 g/mol. The Labute approximate surface area is 154 Å². The lowest BCUT2D eigenvalue weighted by atomic mass is 9.99. The summed E-state index contributed by atoms with van der Waals surface area (Å²) in [6.45, 7) is 1.28. The van der Waals surface area contributed by atoms with Crippen LogP contribution in [0.15, 0.2) is 60.7 Å². The Morgan fingerprint density at radius 3 is 2.42 bits per heavy atom. The Bertz CT molecular complexity index is 677. The molecular formula is C21H25NO4. The van der Waals surface area contributed by atoms with Gasteiger partial charge in [-0.2, -0.15) is 0 Å². The second-order valence-corrected chi connectivity index (χ2v) is 6.74. The molecule has 4 rings (SSSR count). The number of ether oxygens (including phenoxy) is 4. The summed E-state index contributed by atoms with van der Waals surface area (Å²) in [6.07, 6.45) is 0.0570. The number of hydrogen-bond donors (Lipinski definition) is 1. The fraction of sp³-hybridized carbons (Fsp3) is 0.429. The molecule has 0 radical (unpaired) electrons. The average molecular weight is 355 g/mol. The molecule has 5 heteroatoms. The third-order valence-corrected chi connectivity index (χ3v) is 4.96. The molecule has 0 spiro atoms. The van der Waals surface area contributed by atoms with E-state index in [9.17, 15) is 0 Å². The molecule has 1 unspecified atom stereocenters. The van der Waals surface area contributed by atoms with Gasteiger partial charge in [-0.1, -0.05) is 60.7 Å². The van der Waals surface area contributed by atoms with Crippen molar-refractivity contribution < 1.29 is 18.9 Å². The molecule has 5 atom stereocenters. The van der Waals surface area contributed by atoms with Crippen molar-refractivity contribution >= 4 is 0 Å². The highest BCUT2D eigenvalue weighted by atomic mass is 16.7. The van der Waals surface area contributed by atoms with Gasteiger partial charge in [0, 0.05) is 19.2 Å². The zero-order valence-corrected chi connectivity index (χ0v) is 14.9. The number of nitrogens with one attached hydrogen (secondary N) is 1. The van der Waals surface area contributed by atoms with E-state index in [1.807, 2.05) is 48.5 Å². The summed E-state index contributed by atoms with van der Waals surface area (Å²) in [6, 6.07) is 20.4. The van der Waals surface area contributed by atoms with E-state index in [0.29, 0.717) is 6.61 Å². The van der Waals surface area contributed by atoms with E-state index in [1.54, 1.807) is 7.11 Å². The van der Waals surface area contributed by atoms with Crippen LogP contribution in [0.1, 0.15) is 23.8 Å². The quantitative estimate of drug-likeness (QED) is 0.893. The monoisotopic (exact) mass is 355 g/mol. The Balaban J connectivity index is 1.40. The van der Waals surface area contributed by atoms with Gasteiger partial charge in [0.15, 0.2) is 12.6 Å². The van der Waals surface area contributed by atoms with E-state index in [1.165, 1.54) is 5.56 Å². The first-order valence-corrected chi connectivity index (χ1v) is 9.11. The molecule has 0 saturated carbocycles. The first-order valence-electron chi connectivity index (χ1n) is 9.11. The maximum Gasteiger partial charge on any atom is 0.184 e. The third-order valence-electron chi connectivity index (χ3n) is 4.96. The van der Waals surface area contributed by atoms with Crippen molar-refractivity contribution in [2.24, 2.45) is 0 Å². The fourth-order valence-corrected chi connectivity index (χ4v) is 3.57. The molecule has 0 aromatic heterocycles. The summed E-state index contributed by atoms with van der Waals surface area (Å²) in [5.41, 5.74) is 2.27. The van der Waals surface area contributed by atoms with Crippen LogP contribution in [0.4, 0.5) is 0 Å². The SMILES string of the molecule is CO[C@H]1O[C@@H]2COC(c3ccccc3)O[C@H]2C[C@H]1NCc1ccccc1. The van der Waals surface area contributed by atoms with Crippen LogP contribution < -0.4 is 5.32 Å². The standard InChI is InChI=1S/C21H25NO4/c1-23-21-17(22-13-15-8-4-2-5-9-15)12-18-19(26-21)14-24-20(25-18)16-10-6-3-7-11-16/h2-11,17-22H,12-14H2,1H3/t17-,18+,19-,20?,21+/m1/s1. The molecule has 0 bridgehead atoms. The van der Waals surface area contributed by atoms with Crippen LogP contribution in [0.5, 0.6) is 0 Å². The first kappa shape index (κ1) is 17.6. The highest BCUT2D eigenvalue weighted by Crippen LogP contribution is 2.33. The lowest BCUT2D eigenvalue weighted by Crippen LogP contribution is -2.57. The zero-order chi connectivity index (χ0) is 17.8. The molecule has 0 amide bonds. The predicted molar refractivity (Wildman–Crippen MR) is 97.4 cm³/mol. The largest absolute Gasteiger partial charge is 0.354 e. The number of rotatable bonds is 5. The molecule has 2 aromatic rings. The molecule has 2 aliphatic heterocycles. The van der Waals surface area contributed by atoms with E-state index in [-0.39, 0.29) is 30.8 Å². The summed E-state index contributed by atoms with van der Waals surface area (Å²) < 4.78 is 23.7. The summed E-state index contributed by atoms with van der Waals surface area (Å²) >= 11 is 0. The number of methoxy groups -OCH3 is 1. The van der Waals surface area contributed by atoms with Crippen molar-refractivity contribution in [1.29, 1.82) is 0 Å². The molecule has 5 nitrogen and oxygen atoms in total. The van der Waals surface area contributed by atoms with Crippen molar-refractivity contribution in [1.82, 2.24) is 5.32 Å². The number of fused-ring (bicyclic) bond motifs is 1. The van der Waals surface area contributed by atoms with Crippen LogP contribution in [-0.2, 0) is 25.5 Å². The van der Waals surface area contributed by atoms with Gasteiger partial charge in [-0.05, 0) is 12.0 Å². The lowest BCUT2D eigenvalue weighted by molar-refractivity contribution is -0.319. The van der Waals surface area contributed by atoms with Crippen LogP contribution in [0.25, 0.3) is 0 Å². The van der Waals surface area contributed by atoms with E-state index >= 15 is 0 Å². The second-order valence-electron chi connectivity index (χ2n) is 6.74. The minimum atomic E-state index is -0.338. The van der Waals surface area contributed by atoms with E-state index in [2.05, 4.69) is 17.4 Å². The van der Waals surface area contributed by atoms with Crippen LogP contribution >= 0.6 is 0 Å². The number of hydrogen-bond acceptors (Lipinski definition) is 5. The molecule has 0 aliphatic carbocycles. The maximum atomic E-state index is 6.21. The highest BCUT2D eigenvalue weighted by Gasteiger charge is 2.43. The van der Waals surface area contributed by atoms with E-state index < -0.39 is 0 Å². The summed E-state index contributed by atoms with van der Waals surface area (Å²) in [5, 5.41) is 3.56. The minimum absolute atomic E-state index is 0.0198. The van der Waals surface area contributed by atoms with Crippen molar-refractivity contribution in [2.45, 2.75) is 43.8 Å². The van der Waals surface area contributed by atoms with Crippen molar-refractivity contribution in [3.8, 4) is 0 Å². The molecule has 2 saturated heterocycles. The van der Waals surface area contributed by atoms with Gasteiger partial charge in [0.2, 0.25) is 0 Å². The van der Waals surface area contributed by atoms with Gasteiger partial charge < -0.3 is 24.3 Å². The Kier molecular flexibility index (Phi) is 5.62. The van der Waals surface area contributed by atoms with Crippen LogP contribution in [0, 0.1) is 0 Å². The normalized spacial score (nSPS) is 31.3. The Morgan fingerprint density at radius 2 is 1.69 bits per heavy atom. The van der Waals surface area contributed by atoms with Gasteiger partial charge in [-0.15, -0.1) is 0 Å². The lowest BCUT2D eigenvalue weighted by Gasteiger charge is -2.45. The predicted octanol–water partition coefficient (Wildman–Crippen LogP) is 3.02. The summed E-state index contributed by atoms with van der Waals surface area (Å²) in [5.74, 6) is 0. The van der Waals surface area contributed by atoms with Crippen LogP contribution in [-0.4, -0.2) is 38.3 Å². The summed E-state index contributed by atoms with van der Waals surface area (Å²) in [4.78, 5) is 0. The second kappa shape index (κ2) is 8.29. The molecule has 138 valence electrons. The van der Waals surface area contributed by atoms with E-state index in [0.717, 1.165) is 18.5 Å². The van der Waals surface area contributed by atoms with Crippen LogP contribution in [0.2, 0.25) is 0 Å². The smallest absolute Gasteiger partial charge is 0.184 e. The average Bonchev–Trinajstić information content (AvgIpc) is 2.72. The van der Waals surface area contributed by atoms with Crippen LogP contribution in [0.3, 0.4) is 0 Å². The van der Waals surface area contributed by atoms with Gasteiger partial charge in [-0.3, -0.25) is 0 Å². The van der Waals surface area contributed by atoms with Crippen molar-refractivity contribution in [3.05, 3.63) is 71.8 Å². The zero-order valence-electron chi connectivity index (χ0n) is 14.9. The number of benzene rings is 2. The fourth-order valence-electron chi connectivity index (χ4n) is 3.57. The van der Waals surface area contributed by atoms with Gasteiger partial charge in [-0.25, -0.2) is 0 Å². The highest BCUT2D eigenvalue weighted by molar-refractivity contribution is 5.17. The molecule has 26 heavy (non-hydrogen) atoms. The maximum absolute atomic E-state index is 6.21. The topological polar surface area (TPSA) is 49.0 Å². The molecule has 2 heterocycles.